The minimum atomic E-state index is -0.386. The molecule has 1 atom stereocenters. The van der Waals surface area contributed by atoms with Crippen molar-refractivity contribution in [2.75, 3.05) is 0 Å². The standard InChI is InChI=1S/C15H13ClO3.Al/c1-10(15(17)18)11-7-8-13(16)14(9-11)19-12-5-3-2-4-6-12;/h2-10H,1H3,(H,17,18);/q;+3/p-1. The van der Waals surface area contributed by atoms with E-state index in [1.165, 1.54) is 0 Å². The average molecular weight is 303 g/mol. The molecule has 2 aromatic rings. The summed E-state index contributed by atoms with van der Waals surface area (Å²) in [6, 6.07) is 14.6. The SMILES string of the molecule is CC(C(=O)[O][Al+2])c1ccc(Cl)c(Oc2ccccc2)c1. The van der Waals surface area contributed by atoms with Gasteiger partial charge in [0.25, 0.3) is 0 Å². The van der Waals surface area contributed by atoms with E-state index in [-0.39, 0.29) is 11.9 Å². The van der Waals surface area contributed by atoms with Gasteiger partial charge >= 0.3 is 131 Å². The molecule has 0 aliphatic heterocycles. The van der Waals surface area contributed by atoms with Crippen LogP contribution in [0.5, 0.6) is 11.5 Å². The fraction of sp³-hybridized carbons (Fsp3) is 0.133. The molecule has 20 heavy (non-hydrogen) atoms. The van der Waals surface area contributed by atoms with Gasteiger partial charge in [-0.3, -0.25) is 0 Å². The van der Waals surface area contributed by atoms with Crippen LogP contribution in [0.1, 0.15) is 18.4 Å². The molecule has 0 saturated heterocycles. The Morgan fingerprint density at radius 3 is 2.55 bits per heavy atom. The minimum absolute atomic E-state index is 0.331. The molecule has 0 aliphatic rings. The molecule has 0 aromatic heterocycles. The van der Waals surface area contributed by atoms with E-state index < -0.39 is 0 Å². The quantitative estimate of drug-likeness (QED) is 0.804. The summed E-state index contributed by atoms with van der Waals surface area (Å²) in [4.78, 5) is 11.5. The summed E-state index contributed by atoms with van der Waals surface area (Å²) in [5, 5.41) is 0.490. The first kappa shape index (κ1) is 14.9. The molecule has 0 heterocycles. The van der Waals surface area contributed by atoms with Gasteiger partial charge in [0.1, 0.15) is 0 Å². The Bertz CT molecular complexity index is 601. The number of ether oxygens (including phenoxy) is 1. The van der Waals surface area contributed by atoms with Gasteiger partial charge in [0.2, 0.25) is 0 Å². The van der Waals surface area contributed by atoms with E-state index in [9.17, 15) is 4.79 Å². The number of carbonyl (C=O) groups excluding carboxylic acids is 1. The second-order valence-corrected chi connectivity index (χ2v) is 4.91. The van der Waals surface area contributed by atoms with Gasteiger partial charge in [0.15, 0.2) is 0 Å². The van der Waals surface area contributed by atoms with Crippen molar-refractivity contribution in [2.45, 2.75) is 12.8 Å². The topological polar surface area (TPSA) is 35.5 Å². The van der Waals surface area contributed by atoms with Gasteiger partial charge in [-0.2, -0.15) is 0 Å². The van der Waals surface area contributed by atoms with Crippen LogP contribution in [-0.4, -0.2) is 22.6 Å². The Kier molecular flexibility index (Phi) is 5.08. The zero-order valence-corrected chi connectivity index (χ0v) is 12.8. The maximum atomic E-state index is 11.5. The fourth-order valence-electron chi connectivity index (χ4n) is 1.72. The van der Waals surface area contributed by atoms with Crippen LogP contribution in [0.15, 0.2) is 48.5 Å². The molecule has 0 saturated carbocycles. The van der Waals surface area contributed by atoms with Crippen molar-refractivity contribution in [3.05, 3.63) is 59.1 Å². The van der Waals surface area contributed by atoms with Crippen molar-refractivity contribution in [3.8, 4) is 11.5 Å². The summed E-state index contributed by atoms with van der Waals surface area (Å²) in [5.41, 5.74) is 0.785. The number of halogens is 1. The molecule has 3 nitrogen and oxygen atoms in total. The molecule has 0 aliphatic carbocycles. The first-order valence-corrected chi connectivity index (χ1v) is 6.89. The van der Waals surface area contributed by atoms with Crippen LogP contribution in [0, 0.1) is 0 Å². The Hall–Kier alpha value is -1.47. The number of carbonyl (C=O) groups is 1. The summed E-state index contributed by atoms with van der Waals surface area (Å²) in [6.07, 6.45) is 0. The normalized spacial score (nSPS) is 11.8. The summed E-state index contributed by atoms with van der Waals surface area (Å²) in [5.74, 6) is 0.484. The van der Waals surface area contributed by atoms with E-state index in [0.717, 1.165) is 5.56 Å². The summed E-state index contributed by atoms with van der Waals surface area (Å²) >= 11 is 8.08. The van der Waals surface area contributed by atoms with Crippen LogP contribution >= 0.6 is 11.6 Å². The third-order valence-electron chi connectivity index (χ3n) is 2.90. The third kappa shape index (κ3) is 3.55. The van der Waals surface area contributed by atoms with Crippen molar-refractivity contribution >= 4 is 34.2 Å². The first-order chi connectivity index (χ1) is 9.61. The molecule has 0 spiro atoms. The van der Waals surface area contributed by atoms with E-state index in [0.29, 0.717) is 16.5 Å². The summed E-state index contributed by atoms with van der Waals surface area (Å²) in [6.45, 7) is 1.77. The molecule has 1 unspecified atom stereocenters. The predicted molar refractivity (Wildman–Crippen MR) is 78.2 cm³/mol. The van der Waals surface area contributed by atoms with Gasteiger partial charge in [-0.05, 0) is 0 Å². The van der Waals surface area contributed by atoms with Gasteiger partial charge < -0.3 is 0 Å². The number of para-hydroxylation sites is 1. The van der Waals surface area contributed by atoms with E-state index in [2.05, 4.69) is 3.79 Å². The van der Waals surface area contributed by atoms with Gasteiger partial charge in [-0.1, -0.05) is 0 Å². The monoisotopic (exact) mass is 302 g/mol. The van der Waals surface area contributed by atoms with Crippen molar-refractivity contribution in [3.63, 3.8) is 0 Å². The van der Waals surface area contributed by atoms with Gasteiger partial charge in [0.05, 0.1) is 0 Å². The van der Waals surface area contributed by atoms with E-state index in [1.807, 2.05) is 47.0 Å². The molecular weight excluding hydrogens is 291 g/mol. The molecule has 2 aromatic carbocycles. The third-order valence-corrected chi connectivity index (χ3v) is 3.44. The van der Waals surface area contributed by atoms with E-state index >= 15 is 0 Å². The Labute approximate surface area is 131 Å². The van der Waals surface area contributed by atoms with E-state index in [4.69, 9.17) is 16.3 Å². The van der Waals surface area contributed by atoms with Crippen molar-refractivity contribution < 1.29 is 13.3 Å². The fourth-order valence-corrected chi connectivity index (χ4v) is 2.08. The van der Waals surface area contributed by atoms with Crippen LogP contribution in [-0.2, 0) is 8.58 Å². The van der Waals surface area contributed by atoms with Gasteiger partial charge in [-0.25, -0.2) is 0 Å². The van der Waals surface area contributed by atoms with Crippen LogP contribution in [0.25, 0.3) is 0 Å². The average Bonchev–Trinajstić information content (AvgIpc) is 2.49. The van der Waals surface area contributed by atoms with Crippen LogP contribution in [0.4, 0.5) is 0 Å². The number of benzene rings is 2. The Morgan fingerprint density at radius 1 is 1.20 bits per heavy atom. The number of rotatable bonds is 4. The second kappa shape index (κ2) is 6.81. The summed E-state index contributed by atoms with van der Waals surface area (Å²) in [7, 11) is 0. The molecule has 0 fully saturated rings. The molecule has 0 bridgehead atoms. The molecule has 0 amide bonds. The van der Waals surface area contributed by atoms with Crippen LogP contribution in [0.2, 0.25) is 5.02 Å². The van der Waals surface area contributed by atoms with Gasteiger partial charge in [0, 0.05) is 0 Å². The molecule has 0 radical (unpaired) electrons. The van der Waals surface area contributed by atoms with Gasteiger partial charge in [-0.15, -0.1) is 0 Å². The van der Waals surface area contributed by atoms with Crippen LogP contribution < -0.4 is 4.74 Å². The summed E-state index contributed by atoms with van der Waals surface area (Å²) < 4.78 is 10.4. The Morgan fingerprint density at radius 2 is 1.90 bits per heavy atom. The molecular formula is C15H12AlClO3+2. The van der Waals surface area contributed by atoms with E-state index in [1.54, 1.807) is 25.1 Å². The zero-order chi connectivity index (χ0) is 14.5. The number of hydrogen-bond donors (Lipinski definition) is 0. The van der Waals surface area contributed by atoms with Crippen molar-refractivity contribution in [1.82, 2.24) is 0 Å². The molecule has 5 heteroatoms. The van der Waals surface area contributed by atoms with Crippen molar-refractivity contribution in [1.29, 1.82) is 0 Å². The Balaban J connectivity index is 2.27. The first-order valence-electron chi connectivity index (χ1n) is 6.04. The molecule has 98 valence electrons. The van der Waals surface area contributed by atoms with Crippen molar-refractivity contribution in [2.24, 2.45) is 0 Å². The second-order valence-electron chi connectivity index (χ2n) is 4.26. The molecule has 0 N–H and O–H groups in total. The zero-order valence-electron chi connectivity index (χ0n) is 10.9. The predicted octanol–water partition coefficient (Wildman–Crippen LogP) is 3.86. The van der Waals surface area contributed by atoms with Crippen LogP contribution in [0.3, 0.4) is 0 Å². The molecule has 2 rings (SSSR count). The number of hydrogen-bond acceptors (Lipinski definition) is 3. The maximum absolute atomic E-state index is 11.5.